The van der Waals surface area contributed by atoms with Crippen LogP contribution in [0.1, 0.15) is 26.1 Å². The summed E-state index contributed by atoms with van der Waals surface area (Å²) >= 11 is 4.90. The van der Waals surface area contributed by atoms with E-state index in [-0.39, 0.29) is 5.91 Å². The first-order valence-corrected chi connectivity index (χ1v) is 11.5. The second kappa shape index (κ2) is 8.81. The number of carbonyl (C=O) groups is 1. The van der Waals surface area contributed by atoms with Crippen molar-refractivity contribution in [2.24, 2.45) is 7.05 Å². The van der Waals surface area contributed by atoms with Crippen LogP contribution in [-0.2, 0) is 25.9 Å². The molecule has 4 rings (SSSR count). The molecule has 0 saturated carbocycles. The van der Waals surface area contributed by atoms with E-state index in [9.17, 15) is 4.79 Å². The number of amides is 1. The van der Waals surface area contributed by atoms with Crippen molar-refractivity contribution in [2.75, 3.05) is 0 Å². The van der Waals surface area contributed by atoms with Crippen LogP contribution in [0, 0.1) is 0 Å². The number of imidazole rings is 1. The summed E-state index contributed by atoms with van der Waals surface area (Å²) in [6.07, 6.45) is 3.68. The van der Waals surface area contributed by atoms with Gasteiger partial charge in [0.2, 0.25) is 0 Å². The van der Waals surface area contributed by atoms with Crippen LogP contribution in [0.3, 0.4) is 0 Å². The highest BCUT2D eigenvalue weighted by atomic mass is 32.2. The Hall–Kier alpha value is -2.29. The van der Waals surface area contributed by atoms with Crippen molar-refractivity contribution in [3.05, 3.63) is 80.8 Å². The number of furan rings is 1. The fraction of sp³-hybridized carbons (Fsp3) is 0.200. The third-order valence-electron chi connectivity index (χ3n) is 4.13. The van der Waals surface area contributed by atoms with E-state index < -0.39 is 0 Å². The second-order valence-electron chi connectivity index (χ2n) is 6.20. The average Bonchev–Trinajstić information content (AvgIpc) is 3.48. The molecule has 5 nitrogen and oxygen atoms in total. The first kappa shape index (κ1) is 19.0. The third-order valence-corrected chi connectivity index (χ3v) is 6.94. The zero-order chi connectivity index (χ0) is 19.3. The number of carbonyl (C=O) groups excluding carboxylic acids is 1. The molecule has 0 fully saturated rings. The van der Waals surface area contributed by atoms with Gasteiger partial charge in [0.1, 0.15) is 5.76 Å². The Morgan fingerprint density at radius 3 is 2.43 bits per heavy atom. The largest absolute Gasteiger partial charge is 0.455 e. The molecule has 28 heavy (non-hydrogen) atoms. The maximum atomic E-state index is 13.1. The molecule has 0 bridgehead atoms. The molecule has 8 heteroatoms. The summed E-state index contributed by atoms with van der Waals surface area (Å²) in [7, 11) is 1.96. The van der Waals surface area contributed by atoms with Gasteiger partial charge >= 0.3 is 0 Å². The molecule has 1 amide bonds. The minimum absolute atomic E-state index is 0.0879. The Labute approximate surface area is 175 Å². The zero-order valence-corrected chi connectivity index (χ0v) is 17.7. The molecule has 0 unspecified atom stereocenters. The summed E-state index contributed by atoms with van der Waals surface area (Å²) in [6.45, 7) is 1.15. The molecule has 0 saturated heterocycles. The zero-order valence-electron chi connectivity index (χ0n) is 15.3. The van der Waals surface area contributed by atoms with Gasteiger partial charge in [0.15, 0.2) is 10.9 Å². The molecule has 0 aliphatic rings. The molecule has 0 aliphatic heterocycles. The number of nitrogens with zero attached hydrogens (tertiary/aromatic N) is 3. The molecule has 4 aromatic heterocycles. The van der Waals surface area contributed by atoms with E-state index in [1.54, 1.807) is 46.7 Å². The van der Waals surface area contributed by atoms with Crippen LogP contribution in [0.4, 0.5) is 0 Å². The van der Waals surface area contributed by atoms with Gasteiger partial charge in [-0.25, -0.2) is 4.98 Å². The number of aryl methyl sites for hydroxylation is 1. The highest BCUT2D eigenvalue weighted by Gasteiger charge is 2.21. The lowest BCUT2D eigenvalue weighted by atomic mass is 10.3. The molecule has 144 valence electrons. The smallest absolute Gasteiger partial charge is 0.290 e. The monoisotopic (exact) mass is 429 g/mol. The molecular weight excluding hydrogens is 410 g/mol. The summed E-state index contributed by atoms with van der Waals surface area (Å²) in [5, 5.41) is 4.98. The van der Waals surface area contributed by atoms with Crippen molar-refractivity contribution in [3.63, 3.8) is 0 Å². The van der Waals surface area contributed by atoms with E-state index in [2.05, 4.69) is 17.1 Å². The Balaban J connectivity index is 1.46. The van der Waals surface area contributed by atoms with Crippen molar-refractivity contribution in [1.82, 2.24) is 14.5 Å². The van der Waals surface area contributed by atoms with Crippen LogP contribution in [0.15, 0.2) is 69.1 Å². The van der Waals surface area contributed by atoms with Crippen LogP contribution in [0.25, 0.3) is 0 Å². The minimum atomic E-state index is -0.0879. The van der Waals surface area contributed by atoms with Crippen molar-refractivity contribution in [3.8, 4) is 0 Å². The van der Waals surface area contributed by atoms with Gasteiger partial charge in [-0.15, -0.1) is 22.7 Å². The first-order chi connectivity index (χ1) is 13.7. The minimum Gasteiger partial charge on any atom is -0.455 e. The van der Waals surface area contributed by atoms with Crippen LogP contribution >= 0.6 is 34.4 Å². The van der Waals surface area contributed by atoms with Gasteiger partial charge in [-0.3, -0.25) is 4.79 Å². The molecule has 0 N–H and O–H groups in total. The van der Waals surface area contributed by atoms with E-state index in [4.69, 9.17) is 4.42 Å². The fourth-order valence-corrected chi connectivity index (χ4v) is 5.00. The molecule has 0 radical (unpaired) electrons. The lowest BCUT2D eigenvalue weighted by molar-refractivity contribution is 0.0699. The molecule has 4 heterocycles. The number of hydrogen-bond donors (Lipinski definition) is 0. The average molecular weight is 430 g/mol. The predicted molar refractivity (Wildman–Crippen MR) is 114 cm³/mol. The van der Waals surface area contributed by atoms with Crippen LogP contribution in [0.5, 0.6) is 0 Å². The lowest BCUT2D eigenvalue weighted by Gasteiger charge is -2.20. The molecule has 0 aromatic carbocycles. The molecular formula is C20H19N3O2S3. The Morgan fingerprint density at radius 2 is 1.86 bits per heavy atom. The Kier molecular flexibility index (Phi) is 5.99. The van der Waals surface area contributed by atoms with Gasteiger partial charge in [0, 0.05) is 29.2 Å². The van der Waals surface area contributed by atoms with Crippen LogP contribution in [0.2, 0.25) is 0 Å². The topological polar surface area (TPSA) is 51.3 Å². The predicted octanol–water partition coefficient (Wildman–Crippen LogP) is 5.27. The SMILES string of the molecule is Cn1ccnc1SCc1ccc(C(=O)N(Cc2cccs2)Cc2cccs2)o1. The van der Waals surface area contributed by atoms with Crippen molar-refractivity contribution in [2.45, 2.75) is 24.0 Å². The van der Waals surface area contributed by atoms with E-state index in [1.165, 1.54) is 0 Å². The van der Waals surface area contributed by atoms with E-state index in [0.717, 1.165) is 20.7 Å². The molecule has 0 spiro atoms. The molecule has 0 aliphatic carbocycles. The van der Waals surface area contributed by atoms with E-state index >= 15 is 0 Å². The molecule has 0 atom stereocenters. The van der Waals surface area contributed by atoms with Crippen molar-refractivity contribution < 1.29 is 9.21 Å². The lowest BCUT2D eigenvalue weighted by Crippen LogP contribution is -2.29. The summed E-state index contributed by atoms with van der Waals surface area (Å²) < 4.78 is 7.82. The van der Waals surface area contributed by atoms with Gasteiger partial charge in [0.25, 0.3) is 5.91 Å². The number of hydrogen-bond acceptors (Lipinski definition) is 6. The maximum absolute atomic E-state index is 13.1. The summed E-state index contributed by atoms with van der Waals surface area (Å²) in [4.78, 5) is 21.6. The number of aromatic nitrogens is 2. The van der Waals surface area contributed by atoms with E-state index in [1.807, 2.05) is 51.7 Å². The highest BCUT2D eigenvalue weighted by molar-refractivity contribution is 7.98. The number of thioether (sulfide) groups is 1. The standard InChI is InChI=1S/C20H19N3O2S3/c1-22-9-8-21-20(22)28-14-15-6-7-18(25-15)19(24)23(12-16-4-2-10-26-16)13-17-5-3-11-27-17/h2-11H,12-14H2,1H3. The first-order valence-electron chi connectivity index (χ1n) is 8.72. The second-order valence-corrected chi connectivity index (χ2v) is 9.20. The quantitative estimate of drug-likeness (QED) is 0.358. The number of thiophene rings is 2. The summed E-state index contributed by atoms with van der Waals surface area (Å²) in [6, 6.07) is 11.8. The maximum Gasteiger partial charge on any atom is 0.290 e. The van der Waals surface area contributed by atoms with Gasteiger partial charge in [-0.2, -0.15) is 0 Å². The fourth-order valence-electron chi connectivity index (χ4n) is 2.73. The normalized spacial score (nSPS) is 11.0. The van der Waals surface area contributed by atoms with E-state index in [0.29, 0.717) is 24.6 Å². The Bertz CT molecular complexity index is 983. The summed E-state index contributed by atoms with van der Waals surface area (Å²) in [5.74, 6) is 1.69. The van der Waals surface area contributed by atoms with Crippen molar-refractivity contribution in [1.29, 1.82) is 0 Å². The highest BCUT2D eigenvalue weighted by Crippen LogP contribution is 2.24. The van der Waals surface area contributed by atoms with Crippen LogP contribution < -0.4 is 0 Å². The number of rotatable bonds is 8. The Morgan fingerprint density at radius 1 is 1.14 bits per heavy atom. The van der Waals surface area contributed by atoms with Gasteiger partial charge in [-0.1, -0.05) is 23.9 Å². The molecule has 4 aromatic rings. The summed E-state index contributed by atoms with van der Waals surface area (Å²) in [5.41, 5.74) is 0. The van der Waals surface area contributed by atoms with Gasteiger partial charge in [-0.05, 0) is 35.0 Å². The van der Waals surface area contributed by atoms with Crippen LogP contribution in [-0.4, -0.2) is 20.4 Å². The van der Waals surface area contributed by atoms with Crippen molar-refractivity contribution >= 4 is 40.3 Å². The van der Waals surface area contributed by atoms with Gasteiger partial charge < -0.3 is 13.9 Å². The van der Waals surface area contributed by atoms with Gasteiger partial charge in [0.05, 0.1) is 18.8 Å². The third kappa shape index (κ3) is 4.57.